The molecule has 0 amide bonds. The molecule has 0 N–H and O–H groups in total. The fourth-order valence-corrected chi connectivity index (χ4v) is 1.90. The van der Waals surface area contributed by atoms with Crippen molar-refractivity contribution >= 4 is 0 Å². The first-order valence-electron chi connectivity index (χ1n) is 7.18. The van der Waals surface area contributed by atoms with Crippen molar-refractivity contribution in [2.75, 3.05) is 19.6 Å². The molecule has 96 valence electrons. The SMILES string of the molecule is C=CCCCCCN(CCCC)CCCC. The first kappa shape index (κ1) is 15.7. The molecule has 0 radical (unpaired) electrons. The van der Waals surface area contributed by atoms with E-state index in [0.29, 0.717) is 0 Å². The molecule has 0 saturated heterocycles. The van der Waals surface area contributed by atoms with Crippen molar-refractivity contribution in [1.82, 2.24) is 4.90 Å². The van der Waals surface area contributed by atoms with Crippen LogP contribution in [0.15, 0.2) is 12.7 Å². The molecule has 0 fully saturated rings. The van der Waals surface area contributed by atoms with Gasteiger partial charge in [0.25, 0.3) is 0 Å². The molecule has 0 rings (SSSR count). The third kappa shape index (κ3) is 10.2. The topological polar surface area (TPSA) is 3.24 Å². The molecule has 0 unspecified atom stereocenters. The van der Waals surface area contributed by atoms with Crippen molar-refractivity contribution in [1.29, 1.82) is 0 Å². The lowest BCUT2D eigenvalue weighted by Crippen LogP contribution is -2.27. The van der Waals surface area contributed by atoms with Gasteiger partial charge in [0.1, 0.15) is 0 Å². The Kier molecular flexibility index (Phi) is 12.5. The maximum Gasteiger partial charge on any atom is -0.00187 e. The maximum atomic E-state index is 3.76. The van der Waals surface area contributed by atoms with Gasteiger partial charge in [0.05, 0.1) is 0 Å². The second-order valence-electron chi connectivity index (χ2n) is 4.69. The predicted octanol–water partition coefficient (Wildman–Crippen LogP) is 4.64. The van der Waals surface area contributed by atoms with Crippen molar-refractivity contribution in [2.45, 2.75) is 65.2 Å². The molecule has 0 aromatic heterocycles. The van der Waals surface area contributed by atoms with E-state index in [-0.39, 0.29) is 0 Å². The van der Waals surface area contributed by atoms with E-state index in [1.54, 1.807) is 0 Å². The van der Waals surface area contributed by atoms with Gasteiger partial charge in [-0.05, 0) is 51.7 Å². The fraction of sp³-hybridized carbons (Fsp3) is 0.867. The molecule has 0 bridgehead atoms. The monoisotopic (exact) mass is 225 g/mol. The molecule has 0 aromatic carbocycles. The summed E-state index contributed by atoms with van der Waals surface area (Å²) in [5.74, 6) is 0. The molecule has 0 saturated carbocycles. The molecule has 0 aliphatic carbocycles. The van der Waals surface area contributed by atoms with Gasteiger partial charge in [0.15, 0.2) is 0 Å². The van der Waals surface area contributed by atoms with Crippen LogP contribution in [0.3, 0.4) is 0 Å². The third-order valence-electron chi connectivity index (χ3n) is 3.04. The number of nitrogens with zero attached hydrogens (tertiary/aromatic N) is 1. The first-order chi connectivity index (χ1) is 7.85. The van der Waals surface area contributed by atoms with Gasteiger partial charge < -0.3 is 4.90 Å². The highest BCUT2D eigenvalue weighted by molar-refractivity contribution is 4.66. The zero-order valence-electron chi connectivity index (χ0n) is 11.5. The molecule has 0 aromatic rings. The lowest BCUT2D eigenvalue weighted by atomic mass is 10.1. The van der Waals surface area contributed by atoms with E-state index >= 15 is 0 Å². The van der Waals surface area contributed by atoms with Gasteiger partial charge in [-0.25, -0.2) is 0 Å². The molecule has 1 nitrogen and oxygen atoms in total. The molecule has 0 spiro atoms. The van der Waals surface area contributed by atoms with Crippen LogP contribution in [-0.2, 0) is 0 Å². The highest BCUT2D eigenvalue weighted by atomic mass is 15.1. The Morgan fingerprint density at radius 3 is 1.88 bits per heavy atom. The van der Waals surface area contributed by atoms with Gasteiger partial charge in [0, 0.05) is 0 Å². The summed E-state index contributed by atoms with van der Waals surface area (Å²) in [6.45, 7) is 12.2. The number of hydrogen-bond donors (Lipinski definition) is 0. The van der Waals surface area contributed by atoms with E-state index in [1.807, 2.05) is 6.08 Å². The summed E-state index contributed by atoms with van der Waals surface area (Å²) in [6.07, 6.45) is 12.6. The number of allylic oxidation sites excluding steroid dienone is 1. The summed E-state index contributed by atoms with van der Waals surface area (Å²) in [4.78, 5) is 2.65. The van der Waals surface area contributed by atoms with Gasteiger partial charge in [-0.3, -0.25) is 0 Å². The lowest BCUT2D eigenvalue weighted by molar-refractivity contribution is 0.259. The van der Waals surface area contributed by atoms with Crippen molar-refractivity contribution in [3.8, 4) is 0 Å². The van der Waals surface area contributed by atoms with Crippen LogP contribution in [-0.4, -0.2) is 24.5 Å². The van der Waals surface area contributed by atoms with Crippen LogP contribution in [0.5, 0.6) is 0 Å². The average Bonchev–Trinajstić information content (AvgIpc) is 2.31. The largest absolute Gasteiger partial charge is 0.303 e. The number of hydrogen-bond acceptors (Lipinski definition) is 1. The predicted molar refractivity (Wildman–Crippen MR) is 74.9 cm³/mol. The third-order valence-corrected chi connectivity index (χ3v) is 3.04. The standard InChI is InChI=1S/C15H31N/c1-4-7-10-11-12-15-16(13-8-5-2)14-9-6-3/h4H,1,5-15H2,2-3H3. The molecular formula is C15H31N. The molecule has 0 heterocycles. The Morgan fingerprint density at radius 2 is 1.38 bits per heavy atom. The zero-order valence-corrected chi connectivity index (χ0v) is 11.5. The van der Waals surface area contributed by atoms with Crippen molar-refractivity contribution < 1.29 is 0 Å². The van der Waals surface area contributed by atoms with E-state index in [9.17, 15) is 0 Å². The normalized spacial score (nSPS) is 10.9. The molecule has 1 heteroatoms. The van der Waals surface area contributed by atoms with Gasteiger partial charge >= 0.3 is 0 Å². The van der Waals surface area contributed by atoms with E-state index in [0.717, 1.165) is 0 Å². The van der Waals surface area contributed by atoms with Crippen LogP contribution in [0, 0.1) is 0 Å². The summed E-state index contributed by atoms with van der Waals surface area (Å²) in [5, 5.41) is 0. The molecule has 16 heavy (non-hydrogen) atoms. The minimum absolute atomic E-state index is 1.18. The van der Waals surface area contributed by atoms with Crippen LogP contribution >= 0.6 is 0 Å². The van der Waals surface area contributed by atoms with Crippen LogP contribution in [0.4, 0.5) is 0 Å². The summed E-state index contributed by atoms with van der Waals surface area (Å²) < 4.78 is 0. The quantitative estimate of drug-likeness (QED) is 0.345. The van der Waals surface area contributed by atoms with Gasteiger partial charge in [-0.2, -0.15) is 0 Å². The van der Waals surface area contributed by atoms with Crippen LogP contribution < -0.4 is 0 Å². The fourth-order valence-electron chi connectivity index (χ4n) is 1.90. The van der Waals surface area contributed by atoms with Gasteiger partial charge in [0.2, 0.25) is 0 Å². The van der Waals surface area contributed by atoms with Gasteiger partial charge in [-0.15, -0.1) is 6.58 Å². The second kappa shape index (κ2) is 12.8. The number of rotatable bonds is 12. The van der Waals surface area contributed by atoms with Crippen molar-refractivity contribution in [3.63, 3.8) is 0 Å². The zero-order chi connectivity index (χ0) is 12.1. The summed E-state index contributed by atoms with van der Waals surface area (Å²) >= 11 is 0. The highest BCUT2D eigenvalue weighted by Gasteiger charge is 2.02. The Hall–Kier alpha value is -0.300. The second-order valence-corrected chi connectivity index (χ2v) is 4.69. The van der Waals surface area contributed by atoms with E-state index in [2.05, 4.69) is 25.3 Å². The summed E-state index contributed by atoms with van der Waals surface area (Å²) in [7, 11) is 0. The van der Waals surface area contributed by atoms with E-state index in [1.165, 1.54) is 71.0 Å². The van der Waals surface area contributed by atoms with Crippen LogP contribution in [0.1, 0.15) is 65.2 Å². The Bertz CT molecular complexity index is 134. The lowest BCUT2D eigenvalue weighted by Gasteiger charge is -2.21. The highest BCUT2D eigenvalue weighted by Crippen LogP contribution is 2.05. The summed E-state index contributed by atoms with van der Waals surface area (Å²) in [6, 6.07) is 0. The Labute approximate surface area is 103 Å². The van der Waals surface area contributed by atoms with Crippen molar-refractivity contribution in [3.05, 3.63) is 12.7 Å². The van der Waals surface area contributed by atoms with Crippen molar-refractivity contribution in [2.24, 2.45) is 0 Å². The van der Waals surface area contributed by atoms with E-state index in [4.69, 9.17) is 0 Å². The van der Waals surface area contributed by atoms with E-state index < -0.39 is 0 Å². The van der Waals surface area contributed by atoms with Crippen LogP contribution in [0.2, 0.25) is 0 Å². The molecule has 0 aliphatic rings. The van der Waals surface area contributed by atoms with Gasteiger partial charge in [-0.1, -0.05) is 39.2 Å². The summed E-state index contributed by atoms with van der Waals surface area (Å²) in [5.41, 5.74) is 0. The molecule has 0 aliphatic heterocycles. The minimum Gasteiger partial charge on any atom is -0.303 e. The maximum absolute atomic E-state index is 3.76. The minimum atomic E-state index is 1.18. The smallest absolute Gasteiger partial charge is 0.00187 e. The molecular weight excluding hydrogens is 194 g/mol. The molecule has 0 atom stereocenters. The van der Waals surface area contributed by atoms with Crippen LogP contribution in [0.25, 0.3) is 0 Å². The number of unbranched alkanes of at least 4 members (excludes halogenated alkanes) is 5. The first-order valence-corrected chi connectivity index (χ1v) is 7.18. The average molecular weight is 225 g/mol. The Balaban J connectivity index is 3.51. The Morgan fingerprint density at radius 1 is 0.812 bits per heavy atom.